The van der Waals surface area contributed by atoms with E-state index < -0.39 is 5.79 Å². The Kier molecular flexibility index (Phi) is 3.31. The molecule has 0 bridgehead atoms. The number of rotatable bonds is 3. The Morgan fingerprint density at radius 2 is 1.89 bits per heavy atom. The second kappa shape index (κ2) is 4.96. The maximum Gasteiger partial charge on any atom is 0.219 e. The van der Waals surface area contributed by atoms with Crippen molar-refractivity contribution in [2.24, 2.45) is 0 Å². The lowest BCUT2D eigenvalue weighted by Gasteiger charge is -2.25. The maximum absolute atomic E-state index is 11.8. The summed E-state index contributed by atoms with van der Waals surface area (Å²) in [6.45, 7) is 1.54. The molecule has 1 saturated heterocycles. The third-order valence-electron chi connectivity index (χ3n) is 3.30. The van der Waals surface area contributed by atoms with Gasteiger partial charge in [-0.05, 0) is 5.56 Å². The van der Waals surface area contributed by atoms with Crippen molar-refractivity contribution in [1.29, 1.82) is 0 Å². The van der Waals surface area contributed by atoms with Gasteiger partial charge in [-0.25, -0.2) is 0 Å². The molecule has 0 aromatic heterocycles. The fourth-order valence-electron chi connectivity index (χ4n) is 2.38. The highest BCUT2D eigenvalue weighted by molar-refractivity contribution is 6.44. The largest absolute Gasteiger partial charge is 0.379 e. The summed E-state index contributed by atoms with van der Waals surface area (Å²) in [6, 6.07) is 9.89. The molecule has 0 atom stereocenters. The van der Waals surface area contributed by atoms with Crippen LogP contribution in [0.15, 0.2) is 41.1 Å². The van der Waals surface area contributed by atoms with E-state index in [0.717, 1.165) is 5.56 Å². The van der Waals surface area contributed by atoms with E-state index >= 15 is 0 Å². The standard InChI is InChI=1S/C14H14ClNO3/c15-12-11(17)8-14(18-6-7-19-14)13(12)16-9-10-4-2-1-3-5-10/h1-5,16H,6-9H2. The average Bonchev–Trinajstić information content (AvgIpc) is 2.97. The summed E-state index contributed by atoms with van der Waals surface area (Å²) >= 11 is 6.07. The maximum atomic E-state index is 11.8. The Morgan fingerprint density at radius 3 is 2.58 bits per heavy atom. The molecule has 5 heteroatoms. The summed E-state index contributed by atoms with van der Waals surface area (Å²) in [5.41, 5.74) is 1.66. The highest BCUT2D eigenvalue weighted by Gasteiger charge is 2.50. The smallest absolute Gasteiger partial charge is 0.219 e. The number of nitrogens with one attached hydrogen (secondary N) is 1. The molecule has 2 aliphatic rings. The Morgan fingerprint density at radius 1 is 1.21 bits per heavy atom. The van der Waals surface area contributed by atoms with Crippen LogP contribution in [0.2, 0.25) is 0 Å². The van der Waals surface area contributed by atoms with Crippen molar-refractivity contribution in [3.8, 4) is 0 Å². The lowest BCUT2D eigenvalue weighted by atomic mass is 10.2. The molecule has 0 amide bonds. The molecule has 100 valence electrons. The van der Waals surface area contributed by atoms with E-state index in [2.05, 4.69) is 5.32 Å². The van der Waals surface area contributed by atoms with Crippen molar-refractivity contribution < 1.29 is 14.3 Å². The van der Waals surface area contributed by atoms with E-state index in [1.807, 2.05) is 30.3 Å². The Labute approximate surface area is 116 Å². The normalized spacial score (nSPS) is 21.4. The van der Waals surface area contributed by atoms with Crippen LogP contribution in [0.1, 0.15) is 12.0 Å². The van der Waals surface area contributed by atoms with Gasteiger partial charge < -0.3 is 14.8 Å². The van der Waals surface area contributed by atoms with Gasteiger partial charge in [0.2, 0.25) is 5.79 Å². The van der Waals surface area contributed by atoms with Crippen LogP contribution in [0, 0.1) is 0 Å². The van der Waals surface area contributed by atoms with E-state index in [1.54, 1.807) is 0 Å². The van der Waals surface area contributed by atoms with Crippen molar-refractivity contribution in [3.05, 3.63) is 46.6 Å². The van der Waals surface area contributed by atoms with Crippen molar-refractivity contribution in [2.45, 2.75) is 18.8 Å². The van der Waals surface area contributed by atoms with E-state index in [9.17, 15) is 4.79 Å². The summed E-state index contributed by atoms with van der Waals surface area (Å²) in [5.74, 6) is -1.12. The zero-order valence-electron chi connectivity index (χ0n) is 10.3. The van der Waals surface area contributed by atoms with Gasteiger partial charge in [-0.2, -0.15) is 0 Å². The fraction of sp³-hybridized carbons (Fsp3) is 0.357. The lowest BCUT2D eigenvalue weighted by Crippen LogP contribution is -2.36. The first-order valence-corrected chi connectivity index (χ1v) is 6.58. The quantitative estimate of drug-likeness (QED) is 0.919. The second-order valence-electron chi connectivity index (χ2n) is 4.58. The summed E-state index contributed by atoms with van der Waals surface area (Å²) < 4.78 is 11.2. The van der Waals surface area contributed by atoms with Crippen LogP contribution in [-0.4, -0.2) is 24.8 Å². The van der Waals surface area contributed by atoms with Gasteiger partial charge in [-0.1, -0.05) is 41.9 Å². The summed E-state index contributed by atoms with van der Waals surface area (Å²) in [6.07, 6.45) is 0.156. The van der Waals surface area contributed by atoms with Gasteiger partial charge in [0.15, 0.2) is 5.78 Å². The Hall–Kier alpha value is -1.36. The van der Waals surface area contributed by atoms with Crippen LogP contribution in [0.25, 0.3) is 0 Å². The highest BCUT2D eigenvalue weighted by Crippen LogP contribution is 2.40. The first-order chi connectivity index (χ1) is 9.21. The molecule has 3 rings (SSSR count). The number of carbonyl (C=O) groups excluding carboxylic acids is 1. The number of halogens is 1. The number of hydrogen-bond donors (Lipinski definition) is 1. The van der Waals surface area contributed by atoms with E-state index in [4.69, 9.17) is 21.1 Å². The molecule has 4 nitrogen and oxygen atoms in total. The summed E-state index contributed by atoms with van der Waals surface area (Å²) in [5, 5.41) is 3.38. The number of Topliss-reactive ketones (excluding diaryl/α,β-unsaturated/α-hetero) is 1. The molecule has 1 N–H and O–H groups in total. The van der Waals surface area contributed by atoms with Crippen LogP contribution in [-0.2, 0) is 20.8 Å². The topological polar surface area (TPSA) is 47.6 Å². The minimum Gasteiger partial charge on any atom is -0.379 e. The van der Waals surface area contributed by atoms with Gasteiger partial charge in [-0.15, -0.1) is 0 Å². The SMILES string of the molecule is O=C1CC2(OCCO2)C(NCc2ccccc2)=C1Cl. The lowest BCUT2D eigenvalue weighted by molar-refractivity contribution is -0.141. The zero-order valence-corrected chi connectivity index (χ0v) is 11.1. The second-order valence-corrected chi connectivity index (χ2v) is 4.96. The highest BCUT2D eigenvalue weighted by atomic mass is 35.5. The number of benzene rings is 1. The van der Waals surface area contributed by atoms with E-state index in [0.29, 0.717) is 25.5 Å². The van der Waals surface area contributed by atoms with Crippen LogP contribution < -0.4 is 5.32 Å². The number of ether oxygens (including phenoxy) is 2. The van der Waals surface area contributed by atoms with Crippen LogP contribution in [0.3, 0.4) is 0 Å². The first kappa shape index (κ1) is 12.7. The third-order valence-corrected chi connectivity index (χ3v) is 3.70. The van der Waals surface area contributed by atoms with E-state index in [-0.39, 0.29) is 17.2 Å². The van der Waals surface area contributed by atoms with Crippen LogP contribution in [0.5, 0.6) is 0 Å². The molecule has 1 spiro atoms. The fourth-order valence-corrected chi connectivity index (χ4v) is 2.66. The van der Waals surface area contributed by atoms with Crippen molar-refractivity contribution in [2.75, 3.05) is 13.2 Å². The van der Waals surface area contributed by atoms with Crippen LogP contribution in [0.4, 0.5) is 0 Å². The van der Waals surface area contributed by atoms with Crippen molar-refractivity contribution >= 4 is 17.4 Å². The molecule has 1 heterocycles. The van der Waals surface area contributed by atoms with Gasteiger partial charge in [0, 0.05) is 6.54 Å². The number of allylic oxidation sites excluding steroid dienone is 1. The number of hydrogen-bond acceptors (Lipinski definition) is 4. The van der Waals surface area contributed by atoms with E-state index in [1.165, 1.54) is 0 Å². The molecule has 0 radical (unpaired) electrons. The van der Waals surface area contributed by atoms with Crippen molar-refractivity contribution in [1.82, 2.24) is 5.32 Å². The minimum atomic E-state index is -0.983. The molecule has 1 aliphatic carbocycles. The molecule has 19 heavy (non-hydrogen) atoms. The minimum absolute atomic E-state index is 0.140. The Balaban J connectivity index is 1.79. The predicted molar refractivity (Wildman–Crippen MR) is 70.4 cm³/mol. The molecule has 1 aliphatic heterocycles. The first-order valence-electron chi connectivity index (χ1n) is 6.20. The molecule has 1 aromatic rings. The van der Waals surface area contributed by atoms with Crippen LogP contribution >= 0.6 is 11.6 Å². The average molecular weight is 280 g/mol. The molecule has 1 fully saturated rings. The van der Waals surface area contributed by atoms with Gasteiger partial charge in [0.25, 0.3) is 0 Å². The number of carbonyl (C=O) groups is 1. The number of ketones is 1. The van der Waals surface area contributed by atoms with Crippen molar-refractivity contribution in [3.63, 3.8) is 0 Å². The molecular formula is C14H14ClNO3. The monoisotopic (exact) mass is 279 g/mol. The molecule has 0 unspecified atom stereocenters. The van der Waals surface area contributed by atoms with Gasteiger partial charge >= 0.3 is 0 Å². The zero-order chi connectivity index (χ0) is 13.3. The van der Waals surface area contributed by atoms with Gasteiger partial charge in [0.1, 0.15) is 5.03 Å². The molecule has 0 saturated carbocycles. The summed E-state index contributed by atoms with van der Waals surface area (Å²) in [7, 11) is 0. The van der Waals surface area contributed by atoms with Gasteiger partial charge in [-0.3, -0.25) is 4.79 Å². The Bertz CT molecular complexity index is 521. The molecular weight excluding hydrogens is 266 g/mol. The third kappa shape index (κ3) is 2.27. The molecule has 1 aromatic carbocycles. The predicted octanol–water partition coefficient (Wildman–Crippen LogP) is 1.94. The van der Waals surface area contributed by atoms with Gasteiger partial charge in [0.05, 0.1) is 25.3 Å². The summed E-state index contributed by atoms with van der Waals surface area (Å²) in [4.78, 5) is 11.8.